The highest BCUT2D eigenvalue weighted by molar-refractivity contribution is 7.12. The largest absolute Gasteiger partial charge is 0.397 e. The van der Waals surface area contributed by atoms with E-state index < -0.39 is 0 Å². The zero-order valence-corrected chi connectivity index (χ0v) is 11.0. The van der Waals surface area contributed by atoms with Crippen LogP contribution in [0.4, 0.5) is 11.5 Å². The Bertz CT molecular complexity index is 505. The molecule has 0 aliphatic heterocycles. The second-order valence-corrected chi connectivity index (χ2v) is 5.26. The molecule has 3 N–H and O–H groups in total. The normalized spacial score (nSPS) is 10.5. The van der Waals surface area contributed by atoms with E-state index in [1.54, 1.807) is 6.20 Å². The molecule has 90 valence electrons. The van der Waals surface area contributed by atoms with Crippen molar-refractivity contribution < 1.29 is 0 Å². The van der Waals surface area contributed by atoms with E-state index in [2.05, 4.69) is 29.4 Å². The lowest BCUT2D eigenvalue weighted by molar-refractivity contribution is 1.12. The number of pyridine rings is 1. The van der Waals surface area contributed by atoms with E-state index in [1.807, 2.05) is 24.3 Å². The van der Waals surface area contributed by atoms with Gasteiger partial charge in [0.1, 0.15) is 5.82 Å². The monoisotopic (exact) mass is 247 g/mol. The summed E-state index contributed by atoms with van der Waals surface area (Å²) in [6.07, 6.45) is 2.78. The maximum Gasteiger partial charge on any atom is 0.129 e. The Kier molecular flexibility index (Phi) is 3.64. The van der Waals surface area contributed by atoms with Crippen LogP contribution in [0.25, 0.3) is 0 Å². The van der Waals surface area contributed by atoms with Gasteiger partial charge in [-0.25, -0.2) is 4.98 Å². The number of nitrogens with zero attached hydrogens (tertiary/aromatic N) is 1. The molecule has 0 fully saturated rings. The number of hydrogen-bond donors (Lipinski definition) is 2. The molecular formula is C13H17N3S. The molecule has 0 radical (unpaired) electrons. The Morgan fingerprint density at radius 1 is 1.35 bits per heavy atom. The number of hydrogen-bond acceptors (Lipinski definition) is 4. The Balaban J connectivity index is 2.02. The molecule has 0 amide bonds. The van der Waals surface area contributed by atoms with Crippen molar-refractivity contribution in [1.29, 1.82) is 0 Å². The SMILES string of the molecule is CCc1ccc(CNc2ncc(N)cc2C)s1. The molecule has 0 aliphatic rings. The van der Waals surface area contributed by atoms with Gasteiger partial charge in [0, 0.05) is 9.75 Å². The Morgan fingerprint density at radius 3 is 2.76 bits per heavy atom. The van der Waals surface area contributed by atoms with Crippen molar-refractivity contribution in [2.75, 3.05) is 11.1 Å². The van der Waals surface area contributed by atoms with Gasteiger partial charge in [-0.05, 0) is 37.1 Å². The predicted molar refractivity (Wildman–Crippen MR) is 74.4 cm³/mol. The van der Waals surface area contributed by atoms with Crippen LogP contribution in [0.15, 0.2) is 24.4 Å². The summed E-state index contributed by atoms with van der Waals surface area (Å²) in [7, 11) is 0. The van der Waals surface area contributed by atoms with E-state index in [9.17, 15) is 0 Å². The van der Waals surface area contributed by atoms with Gasteiger partial charge < -0.3 is 11.1 Å². The molecule has 2 heterocycles. The molecule has 0 saturated heterocycles. The van der Waals surface area contributed by atoms with Crippen LogP contribution in [0.5, 0.6) is 0 Å². The molecule has 2 aromatic rings. The summed E-state index contributed by atoms with van der Waals surface area (Å²) in [6.45, 7) is 5.01. The fraction of sp³-hybridized carbons (Fsp3) is 0.308. The molecule has 0 saturated carbocycles. The lowest BCUT2D eigenvalue weighted by Gasteiger charge is -2.07. The molecule has 17 heavy (non-hydrogen) atoms. The van der Waals surface area contributed by atoms with E-state index in [-0.39, 0.29) is 0 Å². The minimum Gasteiger partial charge on any atom is -0.397 e. The van der Waals surface area contributed by atoms with Crippen molar-refractivity contribution in [2.24, 2.45) is 0 Å². The van der Waals surface area contributed by atoms with Crippen LogP contribution in [-0.4, -0.2) is 4.98 Å². The first kappa shape index (κ1) is 11.9. The third-order valence-corrected chi connectivity index (χ3v) is 3.82. The molecule has 4 heteroatoms. The Morgan fingerprint density at radius 2 is 2.12 bits per heavy atom. The maximum absolute atomic E-state index is 5.67. The van der Waals surface area contributed by atoms with Crippen LogP contribution in [0.1, 0.15) is 22.2 Å². The topological polar surface area (TPSA) is 50.9 Å². The van der Waals surface area contributed by atoms with E-state index in [4.69, 9.17) is 5.73 Å². The summed E-state index contributed by atoms with van der Waals surface area (Å²) in [4.78, 5) is 7.04. The summed E-state index contributed by atoms with van der Waals surface area (Å²) in [5, 5.41) is 3.34. The Labute approximate surface area is 106 Å². The summed E-state index contributed by atoms with van der Waals surface area (Å²) in [5.74, 6) is 0.908. The van der Waals surface area contributed by atoms with Gasteiger partial charge in [-0.1, -0.05) is 6.92 Å². The second-order valence-electron chi connectivity index (χ2n) is 4.01. The van der Waals surface area contributed by atoms with Gasteiger partial charge in [-0.3, -0.25) is 0 Å². The fourth-order valence-electron chi connectivity index (χ4n) is 1.66. The zero-order valence-electron chi connectivity index (χ0n) is 10.2. The highest BCUT2D eigenvalue weighted by atomic mass is 32.1. The first-order valence-electron chi connectivity index (χ1n) is 5.72. The predicted octanol–water partition coefficient (Wildman–Crippen LogP) is 3.21. The van der Waals surface area contributed by atoms with Crippen molar-refractivity contribution in [3.8, 4) is 0 Å². The second kappa shape index (κ2) is 5.19. The van der Waals surface area contributed by atoms with Gasteiger partial charge in [0.05, 0.1) is 18.4 Å². The molecule has 0 unspecified atom stereocenters. The van der Waals surface area contributed by atoms with Crippen LogP contribution in [0.3, 0.4) is 0 Å². The summed E-state index contributed by atoms with van der Waals surface area (Å²) in [5.41, 5.74) is 7.45. The summed E-state index contributed by atoms with van der Waals surface area (Å²) >= 11 is 1.85. The first-order chi connectivity index (χ1) is 8.19. The minimum atomic E-state index is 0.706. The first-order valence-corrected chi connectivity index (χ1v) is 6.54. The fourth-order valence-corrected chi connectivity index (χ4v) is 2.56. The van der Waals surface area contributed by atoms with Crippen LogP contribution in [0.2, 0.25) is 0 Å². The average Bonchev–Trinajstić information content (AvgIpc) is 2.76. The molecule has 0 spiro atoms. The lowest BCUT2D eigenvalue weighted by Crippen LogP contribution is -2.02. The minimum absolute atomic E-state index is 0.706. The van der Waals surface area contributed by atoms with Gasteiger partial charge in [0.25, 0.3) is 0 Å². The number of nitrogens with one attached hydrogen (secondary N) is 1. The molecule has 0 aromatic carbocycles. The standard InChI is InChI=1S/C13H17N3S/c1-3-11-4-5-12(17-11)8-16-13-9(2)6-10(14)7-15-13/h4-7H,3,8,14H2,1-2H3,(H,15,16). The lowest BCUT2D eigenvalue weighted by atomic mass is 10.2. The van der Waals surface area contributed by atoms with Gasteiger partial charge in [0.2, 0.25) is 0 Å². The summed E-state index contributed by atoms with van der Waals surface area (Å²) in [6, 6.07) is 6.29. The zero-order chi connectivity index (χ0) is 12.3. The number of nitrogen functional groups attached to an aromatic ring is 1. The highest BCUT2D eigenvalue weighted by Crippen LogP contribution is 2.19. The molecule has 2 rings (SSSR count). The number of aromatic nitrogens is 1. The third kappa shape index (κ3) is 2.97. The number of anilines is 2. The van der Waals surface area contributed by atoms with Gasteiger partial charge in [-0.15, -0.1) is 11.3 Å². The van der Waals surface area contributed by atoms with Gasteiger partial charge in [-0.2, -0.15) is 0 Å². The molecule has 3 nitrogen and oxygen atoms in total. The number of aryl methyl sites for hydroxylation is 2. The summed E-state index contributed by atoms with van der Waals surface area (Å²) < 4.78 is 0. The van der Waals surface area contributed by atoms with Crippen LogP contribution >= 0.6 is 11.3 Å². The van der Waals surface area contributed by atoms with E-state index in [0.717, 1.165) is 24.3 Å². The smallest absolute Gasteiger partial charge is 0.129 e. The van der Waals surface area contributed by atoms with E-state index >= 15 is 0 Å². The highest BCUT2D eigenvalue weighted by Gasteiger charge is 2.02. The van der Waals surface area contributed by atoms with Crippen LogP contribution in [-0.2, 0) is 13.0 Å². The van der Waals surface area contributed by atoms with Crippen molar-refractivity contribution in [3.63, 3.8) is 0 Å². The van der Waals surface area contributed by atoms with Crippen molar-refractivity contribution >= 4 is 22.8 Å². The number of thiophene rings is 1. The Hall–Kier alpha value is -1.55. The molecular weight excluding hydrogens is 230 g/mol. The average molecular weight is 247 g/mol. The number of rotatable bonds is 4. The maximum atomic E-state index is 5.67. The molecule has 0 aliphatic carbocycles. The van der Waals surface area contributed by atoms with Crippen molar-refractivity contribution in [3.05, 3.63) is 39.7 Å². The van der Waals surface area contributed by atoms with Crippen molar-refractivity contribution in [2.45, 2.75) is 26.8 Å². The van der Waals surface area contributed by atoms with Crippen LogP contribution < -0.4 is 11.1 Å². The van der Waals surface area contributed by atoms with Crippen LogP contribution in [0, 0.1) is 6.92 Å². The quantitative estimate of drug-likeness (QED) is 0.872. The molecule has 0 bridgehead atoms. The van der Waals surface area contributed by atoms with E-state index in [0.29, 0.717) is 5.69 Å². The van der Waals surface area contributed by atoms with Crippen molar-refractivity contribution in [1.82, 2.24) is 4.98 Å². The third-order valence-electron chi connectivity index (χ3n) is 2.60. The van der Waals surface area contributed by atoms with E-state index in [1.165, 1.54) is 9.75 Å². The molecule has 0 atom stereocenters. The van der Waals surface area contributed by atoms with Gasteiger partial charge >= 0.3 is 0 Å². The van der Waals surface area contributed by atoms with Gasteiger partial charge in [0.15, 0.2) is 0 Å². The number of nitrogens with two attached hydrogens (primary N) is 1. The molecule has 2 aromatic heterocycles.